The van der Waals surface area contributed by atoms with E-state index in [0.717, 1.165) is 43.7 Å². The minimum atomic E-state index is 0.132. The summed E-state index contributed by atoms with van der Waals surface area (Å²) < 4.78 is 1.59. The van der Waals surface area contributed by atoms with Gasteiger partial charge in [-0.15, -0.1) is 0 Å². The van der Waals surface area contributed by atoms with Gasteiger partial charge in [0.1, 0.15) is 0 Å². The first-order valence-corrected chi connectivity index (χ1v) is 6.75. The van der Waals surface area contributed by atoms with Gasteiger partial charge in [0.25, 0.3) is 5.56 Å². The molecule has 1 N–H and O–H groups in total. The molecule has 0 unspecified atom stereocenters. The van der Waals surface area contributed by atoms with E-state index in [1.807, 2.05) is 0 Å². The van der Waals surface area contributed by atoms with Gasteiger partial charge in [-0.2, -0.15) is 0 Å². The predicted molar refractivity (Wildman–Crippen MR) is 76.0 cm³/mol. The third kappa shape index (κ3) is 2.49. The molecule has 0 amide bonds. The number of aromatic amines is 1. The molecule has 0 radical (unpaired) electrons. The van der Waals surface area contributed by atoms with Gasteiger partial charge in [-0.25, -0.2) is 0 Å². The van der Waals surface area contributed by atoms with Crippen molar-refractivity contribution < 1.29 is 0 Å². The van der Waals surface area contributed by atoms with E-state index in [9.17, 15) is 4.79 Å². The van der Waals surface area contributed by atoms with Crippen molar-refractivity contribution in [2.75, 3.05) is 13.1 Å². The van der Waals surface area contributed by atoms with Gasteiger partial charge in [-0.3, -0.25) is 19.5 Å². The Balaban J connectivity index is 1.72. The molecule has 0 fully saturated rings. The Labute approximate surface area is 112 Å². The molecule has 4 nitrogen and oxygen atoms in total. The van der Waals surface area contributed by atoms with Gasteiger partial charge in [-0.1, -0.05) is 30.4 Å². The van der Waals surface area contributed by atoms with Gasteiger partial charge >= 0.3 is 0 Å². The molecule has 3 rings (SSSR count). The van der Waals surface area contributed by atoms with E-state index in [0.29, 0.717) is 0 Å². The molecular weight excluding hydrogens is 238 g/mol. The second-order valence-corrected chi connectivity index (χ2v) is 5.20. The SMILES string of the molecule is Cn1[nH]c2c(c1=O)CCN(CC1=CCC=CC=C1)C2. The molecule has 2 heterocycles. The monoisotopic (exact) mass is 257 g/mol. The van der Waals surface area contributed by atoms with E-state index in [2.05, 4.69) is 40.4 Å². The topological polar surface area (TPSA) is 41.0 Å². The van der Waals surface area contributed by atoms with Gasteiger partial charge in [0.15, 0.2) is 0 Å². The lowest BCUT2D eigenvalue weighted by Crippen LogP contribution is -2.33. The zero-order valence-corrected chi connectivity index (χ0v) is 11.2. The largest absolute Gasteiger partial charge is 0.298 e. The number of aryl methyl sites for hydroxylation is 1. The van der Waals surface area contributed by atoms with E-state index in [-0.39, 0.29) is 5.56 Å². The van der Waals surface area contributed by atoms with Gasteiger partial charge in [0.05, 0.1) is 5.69 Å². The van der Waals surface area contributed by atoms with Crippen LogP contribution in [-0.4, -0.2) is 27.8 Å². The van der Waals surface area contributed by atoms with Crippen molar-refractivity contribution in [2.24, 2.45) is 7.05 Å². The predicted octanol–water partition coefficient (Wildman–Crippen LogP) is 1.51. The normalized spacial score (nSPS) is 19.1. The Hall–Kier alpha value is -1.81. The smallest absolute Gasteiger partial charge is 0.269 e. The molecular formula is C15H19N3O. The van der Waals surface area contributed by atoms with Crippen LogP contribution < -0.4 is 5.56 Å². The second-order valence-electron chi connectivity index (χ2n) is 5.20. The molecule has 0 spiro atoms. The van der Waals surface area contributed by atoms with Crippen molar-refractivity contribution >= 4 is 0 Å². The Kier molecular flexibility index (Phi) is 3.25. The maximum absolute atomic E-state index is 11.8. The van der Waals surface area contributed by atoms with Gasteiger partial charge in [-0.05, 0) is 18.4 Å². The third-order valence-corrected chi connectivity index (χ3v) is 3.77. The van der Waals surface area contributed by atoms with Crippen molar-refractivity contribution in [3.63, 3.8) is 0 Å². The van der Waals surface area contributed by atoms with Gasteiger partial charge < -0.3 is 0 Å². The Morgan fingerprint density at radius 2 is 2.26 bits per heavy atom. The average molecular weight is 257 g/mol. The van der Waals surface area contributed by atoms with Gasteiger partial charge in [0.2, 0.25) is 0 Å². The molecule has 0 atom stereocenters. The van der Waals surface area contributed by atoms with Crippen molar-refractivity contribution in [1.29, 1.82) is 0 Å². The molecule has 1 aliphatic heterocycles. The van der Waals surface area contributed by atoms with E-state index >= 15 is 0 Å². The van der Waals surface area contributed by atoms with E-state index in [1.54, 1.807) is 11.7 Å². The summed E-state index contributed by atoms with van der Waals surface area (Å²) in [6.45, 7) is 2.75. The zero-order chi connectivity index (χ0) is 13.2. The summed E-state index contributed by atoms with van der Waals surface area (Å²) in [5.41, 5.74) is 3.53. The lowest BCUT2D eigenvalue weighted by atomic mass is 10.1. The Morgan fingerprint density at radius 3 is 3.16 bits per heavy atom. The third-order valence-electron chi connectivity index (χ3n) is 3.77. The number of nitrogens with one attached hydrogen (secondary N) is 1. The van der Waals surface area contributed by atoms with E-state index in [1.165, 1.54) is 5.57 Å². The second kappa shape index (κ2) is 5.05. The first-order valence-electron chi connectivity index (χ1n) is 6.75. The Bertz CT molecular complexity index is 616. The van der Waals surface area contributed by atoms with Crippen LogP contribution in [0.25, 0.3) is 0 Å². The highest BCUT2D eigenvalue weighted by atomic mass is 16.1. The maximum Gasteiger partial charge on any atom is 0.269 e. The van der Waals surface area contributed by atoms with Crippen LogP contribution in [0.2, 0.25) is 0 Å². The highest BCUT2D eigenvalue weighted by molar-refractivity contribution is 5.28. The molecule has 19 heavy (non-hydrogen) atoms. The number of hydrogen-bond acceptors (Lipinski definition) is 2. The summed E-state index contributed by atoms with van der Waals surface area (Å²) >= 11 is 0. The molecule has 1 aromatic heterocycles. The van der Waals surface area contributed by atoms with Gasteiger partial charge in [0, 0.05) is 32.2 Å². The quantitative estimate of drug-likeness (QED) is 0.872. The highest BCUT2D eigenvalue weighted by Crippen LogP contribution is 2.16. The van der Waals surface area contributed by atoms with Crippen LogP contribution >= 0.6 is 0 Å². The fourth-order valence-corrected chi connectivity index (χ4v) is 2.75. The summed E-state index contributed by atoms with van der Waals surface area (Å²) in [6, 6.07) is 0. The minimum Gasteiger partial charge on any atom is -0.298 e. The van der Waals surface area contributed by atoms with Crippen LogP contribution in [0.5, 0.6) is 0 Å². The first-order chi connectivity index (χ1) is 9.24. The molecule has 0 saturated carbocycles. The molecule has 1 aromatic rings. The molecule has 100 valence electrons. The summed E-state index contributed by atoms with van der Waals surface area (Å²) in [5.74, 6) is 0. The van der Waals surface area contributed by atoms with Crippen LogP contribution in [-0.2, 0) is 20.0 Å². The molecule has 0 bridgehead atoms. The molecule has 1 aliphatic carbocycles. The van der Waals surface area contributed by atoms with Crippen LogP contribution in [0.4, 0.5) is 0 Å². The molecule has 2 aliphatic rings. The lowest BCUT2D eigenvalue weighted by Gasteiger charge is -2.26. The number of nitrogens with zero attached hydrogens (tertiary/aromatic N) is 2. The van der Waals surface area contributed by atoms with Crippen molar-refractivity contribution in [1.82, 2.24) is 14.7 Å². The average Bonchev–Trinajstić information content (AvgIpc) is 2.60. The number of rotatable bonds is 2. The first kappa shape index (κ1) is 12.2. The van der Waals surface area contributed by atoms with Crippen LogP contribution in [0.3, 0.4) is 0 Å². The Morgan fingerprint density at radius 1 is 1.37 bits per heavy atom. The number of fused-ring (bicyclic) bond motifs is 1. The number of hydrogen-bond donors (Lipinski definition) is 1. The fraction of sp³-hybridized carbons (Fsp3) is 0.400. The molecule has 0 saturated heterocycles. The van der Waals surface area contributed by atoms with Crippen LogP contribution in [0.15, 0.2) is 40.7 Å². The summed E-state index contributed by atoms with van der Waals surface area (Å²) in [5, 5.41) is 3.16. The fourth-order valence-electron chi connectivity index (χ4n) is 2.75. The van der Waals surface area contributed by atoms with E-state index < -0.39 is 0 Å². The van der Waals surface area contributed by atoms with Crippen molar-refractivity contribution in [3.05, 3.63) is 57.6 Å². The van der Waals surface area contributed by atoms with Crippen LogP contribution in [0, 0.1) is 0 Å². The van der Waals surface area contributed by atoms with Crippen LogP contribution in [0.1, 0.15) is 17.7 Å². The zero-order valence-electron chi connectivity index (χ0n) is 11.2. The standard InChI is InChI=1S/C15H19N3O/c1-17-15(19)13-8-9-18(11-14(13)16-17)10-12-6-4-2-3-5-7-12/h2-4,6-7,16H,5,8-11H2,1H3. The number of allylic oxidation sites excluding steroid dienone is 4. The van der Waals surface area contributed by atoms with E-state index in [4.69, 9.17) is 0 Å². The summed E-state index contributed by atoms with van der Waals surface area (Å²) in [7, 11) is 1.78. The van der Waals surface area contributed by atoms with Crippen molar-refractivity contribution in [3.8, 4) is 0 Å². The van der Waals surface area contributed by atoms with Crippen molar-refractivity contribution in [2.45, 2.75) is 19.4 Å². The lowest BCUT2D eigenvalue weighted by molar-refractivity contribution is 0.273. The summed E-state index contributed by atoms with van der Waals surface area (Å²) in [4.78, 5) is 14.2. The maximum atomic E-state index is 11.8. The minimum absolute atomic E-state index is 0.132. The molecule has 4 heteroatoms. The number of H-pyrrole nitrogens is 1. The number of aromatic nitrogens is 2. The summed E-state index contributed by atoms with van der Waals surface area (Å²) in [6.07, 6.45) is 12.6. The molecule has 0 aromatic carbocycles. The highest BCUT2D eigenvalue weighted by Gasteiger charge is 2.21.